The zero-order valence-corrected chi connectivity index (χ0v) is 27.1. The van der Waals surface area contributed by atoms with Gasteiger partial charge < -0.3 is 23.7 Å². The Kier molecular flexibility index (Phi) is 10.2. The van der Waals surface area contributed by atoms with Gasteiger partial charge in [0.05, 0.1) is 43.7 Å². The zero-order valence-electron chi connectivity index (χ0n) is 26.3. The number of aromatic nitrogens is 1. The van der Waals surface area contributed by atoms with E-state index in [0.29, 0.717) is 61.1 Å². The number of hydrogen-bond acceptors (Lipinski definition) is 9. The van der Waals surface area contributed by atoms with Gasteiger partial charge in [-0.05, 0) is 61.4 Å². The molecule has 1 aromatic heterocycles. The molecule has 1 atom stereocenters. The van der Waals surface area contributed by atoms with Crippen LogP contribution in [0.4, 0.5) is 4.39 Å². The minimum absolute atomic E-state index is 0.0254. The van der Waals surface area contributed by atoms with Crippen molar-refractivity contribution in [3.63, 3.8) is 0 Å². The molecule has 1 aliphatic rings. The first kappa shape index (κ1) is 32.5. The molecule has 0 N–H and O–H groups in total. The Morgan fingerprint density at radius 1 is 0.978 bits per heavy atom. The predicted molar refractivity (Wildman–Crippen MR) is 173 cm³/mol. The fraction of sp³-hybridized carbons (Fsp3) is 0.286. The number of thiazole rings is 1. The quantitative estimate of drug-likeness (QED) is 0.192. The summed E-state index contributed by atoms with van der Waals surface area (Å²) in [7, 11) is 4.59. The van der Waals surface area contributed by atoms with Crippen molar-refractivity contribution in [2.24, 2.45) is 4.99 Å². The summed E-state index contributed by atoms with van der Waals surface area (Å²) < 4.78 is 44.1. The van der Waals surface area contributed by atoms with Crippen molar-refractivity contribution in [2.45, 2.75) is 39.3 Å². The average molecular weight is 647 g/mol. The van der Waals surface area contributed by atoms with Gasteiger partial charge >= 0.3 is 5.97 Å². The lowest BCUT2D eigenvalue weighted by atomic mass is 9.93. The van der Waals surface area contributed by atoms with Gasteiger partial charge in [-0.25, -0.2) is 14.2 Å². The van der Waals surface area contributed by atoms with Crippen molar-refractivity contribution < 1.29 is 32.9 Å². The van der Waals surface area contributed by atoms with Crippen molar-refractivity contribution >= 4 is 23.4 Å². The molecule has 4 aromatic rings. The Hall–Kier alpha value is -4.90. The molecule has 1 aliphatic heterocycles. The number of rotatable bonds is 12. The molecule has 0 fully saturated rings. The number of methoxy groups -OCH3 is 3. The summed E-state index contributed by atoms with van der Waals surface area (Å²) in [5.74, 6) is 0.973. The molecule has 2 heterocycles. The maximum Gasteiger partial charge on any atom is 0.338 e. The van der Waals surface area contributed by atoms with Crippen LogP contribution in [0, 0.1) is 5.82 Å². The Bertz CT molecular complexity index is 1960. The molecule has 3 aromatic carbocycles. The van der Waals surface area contributed by atoms with E-state index in [-0.39, 0.29) is 30.2 Å². The van der Waals surface area contributed by atoms with Crippen LogP contribution in [0.1, 0.15) is 49.4 Å². The Morgan fingerprint density at radius 3 is 2.43 bits per heavy atom. The highest BCUT2D eigenvalue weighted by molar-refractivity contribution is 7.07. The molecule has 9 nitrogen and oxygen atoms in total. The standard InChI is InChI=1S/C35H35FN2O7S/c1-6-10-26-31(34(40)44-7-2)32(24-19-23(41-3)14-16-27(24)42-4)38-33(39)30(46-35(38)37-26)18-21-13-15-28(29(17-21)43-5)45-20-22-11-8-9-12-25(22)36/h8-9,11-19,32H,6-7,10,20H2,1-5H3/b30-18-/t32-/m1/s1. The van der Waals surface area contributed by atoms with Crippen molar-refractivity contribution in [3.05, 3.63) is 114 Å². The van der Waals surface area contributed by atoms with Gasteiger partial charge in [0.25, 0.3) is 5.56 Å². The minimum atomic E-state index is -0.868. The summed E-state index contributed by atoms with van der Waals surface area (Å²) in [4.78, 5) is 33.0. The Morgan fingerprint density at radius 2 is 1.74 bits per heavy atom. The molecular weight excluding hydrogens is 611 g/mol. The normalized spacial score (nSPS) is 14.4. The summed E-state index contributed by atoms with van der Waals surface area (Å²) in [6.45, 7) is 3.92. The maximum atomic E-state index is 14.2. The van der Waals surface area contributed by atoms with Crippen molar-refractivity contribution in [2.75, 3.05) is 27.9 Å². The summed E-state index contributed by atoms with van der Waals surface area (Å²) in [5.41, 5.74) is 2.17. The molecule has 0 unspecified atom stereocenters. The van der Waals surface area contributed by atoms with E-state index in [9.17, 15) is 14.0 Å². The summed E-state index contributed by atoms with van der Waals surface area (Å²) in [6.07, 6.45) is 2.97. The van der Waals surface area contributed by atoms with E-state index < -0.39 is 12.0 Å². The van der Waals surface area contributed by atoms with Gasteiger partial charge in [0.2, 0.25) is 0 Å². The van der Waals surface area contributed by atoms with Crippen molar-refractivity contribution in [1.29, 1.82) is 0 Å². The number of hydrogen-bond donors (Lipinski definition) is 0. The Labute approximate surface area is 269 Å². The minimum Gasteiger partial charge on any atom is -0.497 e. The fourth-order valence-electron chi connectivity index (χ4n) is 5.28. The monoisotopic (exact) mass is 646 g/mol. The third-order valence-electron chi connectivity index (χ3n) is 7.45. The highest BCUT2D eigenvalue weighted by Gasteiger charge is 2.36. The van der Waals surface area contributed by atoms with Crippen LogP contribution in [0.3, 0.4) is 0 Å². The first-order valence-electron chi connectivity index (χ1n) is 14.8. The van der Waals surface area contributed by atoms with E-state index in [1.54, 1.807) is 74.7 Å². The lowest BCUT2D eigenvalue weighted by molar-refractivity contribution is -0.139. The topological polar surface area (TPSA) is 97.6 Å². The van der Waals surface area contributed by atoms with Crippen LogP contribution in [0.25, 0.3) is 6.08 Å². The summed E-state index contributed by atoms with van der Waals surface area (Å²) >= 11 is 1.22. The number of fused-ring (bicyclic) bond motifs is 1. The van der Waals surface area contributed by atoms with Gasteiger partial charge in [0.1, 0.15) is 30.0 Å². The number of nitrogens with zero attached hydrogens (tertiary/aromatic N) is 2. The fourth-order valence-corrected chi connectivity index (χ4v) is 6.30. The second-order valence-corrected chi connectivity index (χ2v) is 11.3. The SMILES string of the molecule is CCCC1=C(C(=O)OCC)[C@@H](c2cc(OC)ccc2OC)n2c(s/c(=C\c3ccc(OCc4ccccc4F)c(OC)c3)c2=O)=N1. The number of allylic oxidation sites excluding steroid dienone is 1. The molecule has 0 saturated carbocycles. The number of halogens is 1. The van der Waals surface area contributed by atoms with E-state index in [0.717, 1.165) is 6.42 Å². The van der Waals surface area contributed by atoms with E-state index in [2.05, 4.69) is 0 Å². The van der Waals surface area contributed by atoms with Crippen LogP contribution in [0.5, 0.6) is 23.0 Å². The molecule has 0 bridgehead atoms. The van der Waals surface area contributed by atoms with Crippen molar-refractivity contribution in [3.8, 4) is 23.0 Å². The Balaban J connectivity index is 1.63. The number of carbonyl (C=O) groups is 1. The molecule has 0 saturated heterocycles. The lowest BCUT2D eigenvalue weighted by Gasteiger charge is -2.27. The third kappa shape index (κ3) is 6.55. The number of benzene rings is 3. The molecule has 5 rings (SSSR count). The third-order valence-corrected chi connectivity index (χ3v) is 8.43. The molecule has 46 heavy (non-hydrogen) atoms. The highest BCUT2D eigenvalue weighted by atomic mass is 32.1. The van der Waals surface area contributed by atoms with Gasteiger partial charge in [0.15, 0.2) is 16.3 Å². The molecule has 240 valence electrons. The highest BCUT2D eigenvalue weighted by Crippen LogP contribution is 2.39. The van der Waals surface area contributed by atoms with Crippen molar-refractivity contribution in [1.82, 2.24) is 4.57 Å². The zero-order chi connectivity index (χ0) is 32.8. The first-order valence-corrected chi connectivity index (χ1v) is 15.6. The maximum absolute atomic E-state index is 14.2. The van der Waals surface area contributed by atoms with E-state index >= 15 is 0 Å². The van der Waals surface area contributed by atoms with Gasteiger partial charge in [0, 0.05) is 11.1 Å². The van der Waals surface area contributed by atoms with Crippen LogP contribution in [-0.4, -0.2) is 38.5 Å². The largest absolute Gasteiger partial charge is 0.497 e. The molecular formula is C35H35FN2O7S. The first-order chi connectivity index (χ1) is 22.3. The van der Waals surface area contributed by atoms with Gasteiger partial charge in [-0.1, -0.05) is 48.9 Å². The van der Waals surface area contributed by atoms with E-state index in [4.69, 9.17) is 28.7 Å². The molecule has 0 spiro atoms. The summed E-state index contributed by atoms with van der Waals surface area (Å²) in [5, 5.41) is 0. The van der Waals surface area contributed by atoms with E-state index in [1.165, 1.54) is 36.2 Å². The van der Waals surface area contributed by atoms with Crippen LogP contribution in [0.15, 0.2) is 81.7 Å². The second-order valence-electron chi connectivity index (χ2n) is 10.3. The molecule has 0 amide bonds. The van der Waals surface area contributed by atoms with Gasteiger partial charge in [-0.15, -0.1) is 0 Å². The van der Waals surface area contributed by atoms with Gasteiger partial charge in [-0.2, -0.15) is 0 Å². The molecule has 11 heteroatoms. The predicted octanol–water partition coefficient (Wildman–Crippen LogP) is 5.32. The van der Waals surface area contributed by atoms with Gasteiger partial charge in [-0.3, -0.25) is 9.36 Å². The second kappa shape index (κ2) is 14.5. The average Bonchev–Trinajstić information content (AvgIpc) is 3.37. The van der Waals surface area contributed by atoms with Crippen LogP contribution >= 0.6 is 11.3 Å². The number of carbonyl (C=O) groups excluding carboxylic acids is 1. The molecule has 0 aliphatic carbocycles. The lowest BCUT2D eigenvalue weighted by Crippen LogP contribution is -2.40. The smallest absolute Gasteiger partial charge is 0.338 e. The van der Waals surface area contributed by atoms with Crippen LogP contribution < -0.4 is 33.8 Å². The van der Waals surface area contributed by atoms with Crippen LogP contribution in [0.2, 0.25) is 0 Å². The number of esters is 1. The summed E-state index contributed by atoms with van der Waals surface area (Å²) in [6, 6.07) is 16.0. The van der Waals surface area contributed by atoms with E-state index in [1.807, 2.05) is 6.92 Å². The van der Waals surface area contributed by atoms with Crippen LogP contribution in [-0.2, 0) is 16.1 Å². The molecule has 0 radical (unpaired) electrons. The number of ether oxygens (including phenoxy) is 5.